The van der Waals surface area contributed by atoms with Crippen LogP contribution in [0.3, 0.4) is 0 Å². The van der Waals surface area contributed by atoms with Gasteiger partial charge in [-0.1, -0.05) is 82.2 Å². The molecule has 0 unspecified atom stereocenters. The van der Waals surface area contributed by atoms with E-state index in [1.165, 1.54) is 25.7 Å². The summed E-state index contributed by atoms with van der Waals surface area (Å²) in [5.41, 5.74) is 1.07. The lowest BCUT2D eigenvalue weighted by Gasteiger charge is -2.35. The second-order valence-electron chi connectivity index (χ2n) is 9.29. The van der Waals surface area contributed by atoms with Crippen molar-refractivity contribution in [2.24, 2.45) is 0 Å². The minimum atomic E-state index is -0.0137. The molecule has 0 N–H and O–H groups in total. The first-order chi connectivity index (χ1) is 16.2. The first-order valence-electron chi connectivity index (χ1n) is 12.8. The van der Waals surface area contributed by atoms with Crippen LogP contribution in [0.1, 0.15) is 88.9 Å². The van der Waals surface area contributed by atoms with Crippen molar-refractivity contribution in [3.8, 4) is 0 Å². The lowest BCUT2D eigenvalue weighted by Crippen LogP contribution is -2.47. The maximum atomic E-state index is 13.5. The van der Waals surface area contributed by atoms with Gasteiger partial charge in [-0.3, -0.25) is 9.59 Å². The van der Waals surface area contributed by atoms with Gasteiger partial charge in [0.2, 0.25) is 11.8 Å². The Labute approximate surface area is 199 Å². The van der Waals surface area contributed by atoms with E-state index in [9.17, 15) is 9.59 Å². The van der Waals surface area contributed by atoms with Gasteiger partial charge < -0.3 is 14.2 Å². The van der Waals surface area contributed by atoms with E-state index in [-0.39, 0.29) is 24.4 Å². The fraction of sp³-hybridized carbons (Fsp3) is 0.571. The summed E-state index contributed by atoms with van der Waals surface area (Å²) in [6.07, 6.45) is 13.3. The van der Waals surface area contributed by atoms with E-state index in [1.807, 2.05) is 52.3 Å². The number of hydrogen-bond donors (Lipinski definition) is 0. The summed E-state index contributed by atoms with van der Waals surface area (Å²) in [7, 11) is 0. The van der Waals surface area contributed by atoms with Crippen molar-refractivity contribution in [2.45, 2.75) is 96.7 Å². The zero-order valence-corrected chi connectivity index (χ0v) is 20.2. The molecule has 1 heterocycles. The van der Waals surface area contributed by atoms with Crippen molar-refractivity contribution in [1.29, 1.82) is 0 Å². The van der Waals surface area contributed by atoms with Crippen molar-refractivity contribution in [2.75, 3.05) is 6.54 Å². The molecule has 5 heteroatoms. The molecule has 2 aromatic rings. The lowest BCUT2D eigenvalue weighted by molar-refractivity contribution is -0.144. The monoisotopic (exact) mass is 452 g/mol. The van der Waals surface area contributed by atoms with Crippen LogP contribution in [0.15, 0.2) is 53.1 Å². The van der Waals surface area contributed by atoms with E-state index in [4.69, 9.17) is 4.42 Å². The zero-order chi connectivity index (χ0) is 23.3. The number of benzene rings is 1. The first kappa shape index (κ1) is 25.1. The van der Waals surface area contributed by atoms with Gasteiger partial charge in [0, 0.05) is 19.0 Å². The quantitative estimate of drug-likeness (QED) is 0.334. The molecule has 1 fully saturated rings. The van der Waals surface area contributed by atoms with Crippen molar-refractivity contribution < 1.29 is 14.0 Å². The van der Waals surface area contributed by atoms with Gasteiger partial charge in [0.05, 0.1) is 12.8 Å². The standard InChI is InChI=1S/C28H40N2O3/c1-2-3-4-5-12-19-27(31)30(25-16-10-7-11-17-25)23-28(32)29(22-26-18-13-20-33-26)21-24-14-8-6-9-15-24/h6,8-9,13-15,18,20,25H,2-5,7,10-12,16-17,19,21-23H2,1H3. The summed E-state index contributed by atoms with van der Waals surface area (Å²) in [6, 6.07) is 13.9. The summed E-state index contributed by atoms with van der Waals surface area (Å²) in [4.78, 5) is 30.5. The highest BCUT2D eigenvalue weighted by atomic mass is 16.3. The van der Waals surface area contributed by atoms with Crippen LogP contribution in [0, 0.1) is 0 Å². The first-order valence-corrected chi connectivity index (χ1v) is 12.8. The van der Waals surface area contributed by atoms with Crippen LogP contribution in [0.2, 0.25) is 0 Å². The molecule has 0 bridgehead atoms. The van der Waals surface area contributed by atoms with Gasteiger partial charge in [-0.2, -0.15) is 0 Å². The van der Waals surface area contributed by atoms with E-state index in [2.05, 4.69) is 6.92 Å². The molecule has 0 saturated heterocycles. The van der Waals surface area contributed by atoms with Gasteiger partial charge in [0.25, 0.3) is 0 Å². The number of amides is 2. The molecule has 1 aliphatic carbocycles. The predicted octanol–water partition coefficient (Wildman–Crippen LogP) is 6.33. The van der Waals surface area contributed by atoms with Crippen molar-refractivity contribution in [1.82, 2.24) is 9.80 Å². The van der Waals surface area contributed by atoms with Crippen LogP contribution in [-0.4, -0.2) is 34.2 Å². The largest absolute Gasteiger partial charge is 0.467 e. The Hall–Kier alpha value is -2.56. The molecule has 0 spiro atoms. The van der Waals surface area contributed by atoms with Gasteiger partial charge in [-0.05, 0) is 37.0 Å². The fourth-order valence-electron chi connectivity index (χ4n) is 4.71. The Morgan fingerprint density at radius 3 is 2.33 bits per heavy atom. The Morgan fingerprint density at radius 1 is 0.879 bits per heavy atom. The molecule has 1 aliphatic rings. The van der Waals surface area contributed by atoms with Gasteiger partial charge in [0.1, 0.15) is 12.3 Å². The van der Waals surface area contributed by atoms with Crippen molar-refractivity contribution in [3.63, 3.8) is 0 Å². The molecule has 3 rings (SSSR count). The topological polar surface area (TPSA) is 53.8 Å². The average Bonchev–Trinajstić information content (AvgIpc) is 3.36. The lowest BCUT2D eigenvalue weighted by atomic mass is 9.93. The zero-order valence-electron chi connectivity index (χ0n) is 20.2. The summed E-state index contributed by atoms with van der Waals surface area (Å²) >= 11 is 0. The molecular weight excluding hydrogens is 412 g/mol. The molecule has 5 nitrogen and oxygen atoms in total. The van der Waals surface area contributed by atoms with E-state index in [0.717, 1.165) is 49.8 Å². The van der Waals surface area contributed by atoms with Gasteiger partial charge in [0.15, 0.2) is 0 Å². The summed E-state index contributed by atoms with van der Waals surface area (Å²) in [5.74, 6) is 0.885. The number of rotatable bonds is 13. The number of nitrogens with zero attached hydrogens (tertiary/aromatic N) is 2. The minimum absolute atomic E-state index is 0.0137. The van der Waals surface area contributed by atoms with E-state index >= 15 is 0 Å². The van der Waals surface area contributed by atoms with E-state index < -0.39 is 0 Å². The van der Waals surface area contributed by atoms with Crippen LogP contribution in [0.25, 0.3) is 0 Å². The maximum absolute atomic E-state index is 13.5. The number of furan rings is 1. The number of hydrogen-bond acceptors (Lipinski definition) is 3. The Balaban J connectivity index is 1.68. The van der Waals surface area contributed by atoms with Crippen LogP contribution in [-0.2, 0) is 22.7 Å². The summed E-state index contributed by atoms with van der Waals surface area (Å²) < 4.78 is 5.53. The molecule has 2 amide bonds. The third-order valence-electron chi connectivity index (χ3n) is 6.63. The normalized spacial score (nSPS) is 14.2. The Morgan fingerprint density at radius 2 is 1.64 bits per heavy atom. The average molecular weight is 453 g/mol. The summed E-state index contributed by atoms with van der Waals surface area (Å²) in [6.45, 7) is 3.27. The van der Waals surface area contributed by atoms with Crippen molar-refractivity contribution in [3.05, 3.63) is 60.1 Å². The van der Waals surface area contributed by atoms with Crippen LogP contribution >= 0.6 is 0 Å². The summed E-state index contributed by atoms with van der Waals surface area (Å²) in [5, 5.41) is 0. The van der Waals surface area contributed by atoms with E-state index in [0.29, 0.717) is 19.5 Å². The number of carbonyl (C=O) groups excluding carboxylic acids is 2. The highest BCUT2D eigenvalue weighted by molar-refractivity contribution is 5.85. The second kappa shape index (κ2) is 13.9. The molecule has 180 valence electrons. The van der Waals surface area contributed by atoms with Crippen LogP contribution in [0.5, 0.6) is 0 Å². The molecule has 1 aromatic carbocycles. The molecule has 0 radical (unpaired) electrons. The highest BCUT2D eigenvalue weighted by Crippen LogP contribution is 2.24. The smallest absolute Gasteiger partial charge is 0.242 e. The minimum Gasteiger partial charge on any atom is -0.467 e. The fourth-order valence-corrected chi connectivity index (χ4v) is 4.71. The van der Waals surface area contributed by atoms with Gasteiger partial charge >= 0.3 is 0 Å². The van der Waals surface area contributed by atoms with Gasteiger partial charge in [-0.15, -0.1) is 0 Å². The van der Waals surface area contributed by atoms with Crippen LogP contribution in [0.4, 0.5) is 0 Å². The third kappa shape index (κ3) is 8.38. The molecular formula is C28H40N2O3. The molecule has 1 aromatic heterocycles. The molecule has 1 saturated carbocycles. The third-order valence-corrected chi connectivity index (χ3v) is 6.63. The maximum Gasteiger partial charge on any atom is 0.242 e. The molecule has 33 heavy (non-hydrogen) atoms. The Bertz CT molecular complexity index is 813. The highest BCUT2D eigenvalue weighted by Gasteiger charge is 2.29. The van der Waals surface area contributed by atoms with Gasteiger partial charge in [-0.25, -0.2) is 0 Å². The predicted molar refractivity (Wildman–Crippen MR) is 131 cm³/mol. The number of carbonyl (C=O) groups is 2. The van der Waals surface area contributed by atoms with Crippen LogP contribution < -0.4 is 0 Å². The molecule has 0 atom stereocenters. The number of unbranched alkanes of at least 4 members (excludes halogenated alkanes) is 4. The Kier molecular flexibility index (Phi) is 10.5. The second-order valence-corrected chi connectivity index (χ2v) is 9.29. The van der Waals surface area contributed by atoms with E-state index in [1.54, 1.807) is 6.26 Å². The van der Waals surface area contributed by atoms with Crippen molar-refractivity contribution >= 4 is 11.8 Å². The SMILES string of the molecule is CCCCCCCC(=O)N(CC(=O)N(Cc1ccccc1)Cc1ccco1)C1CCCCC1. The molecule has 0 aliphatic heterocycles.